The van der Waals surface area contributed by atoms with Crippen molar-refractivity contribution < 1.29 is 9.59 Å². The molecule has 0 saturated carbocycles. The molecular formula is C25H31Cl2N3O2. The fourth-order valence-electron chi connectivity index (χ4n) is 3.87. The Balaban J connectivity index is 1.46. The zero-order chi connectivity index (χ0) is 22.9. The Morgan fingerprint density at radius 1 is 0.906 bits per heavy atom. The molecule has 0 spiro atoms. The van der Waals surface area contributed by atoms with Gasteiger partial charge in [-0.05, 0) is 48.4 Å². The Hall–Kier alpha value is -2.24. The summed E-state index contributed by atoms with van der Waals surface area (Å²) < 4.78 is 0. The first-order valence-corrected chi connectivity index (χ1v) is 12.1. The number of amides is 2. The van der Waals surface area contributed by atoms with Crippen molar-refractivity contribution in [3.05, 3.63) is 58.1 Å². The van der Waals surface area contributed by atoms with Crippen molar-refractivity contribution in [3.8, 4) is 0 Å². The van der Waals surface area contributed by atoms with Crippen LogP contribution < -0.4 is 10.2 Å². The number of benzene rings is 2. The lowest BCUT2D eigenvalue weighted by Gasteiger charge is -2.36. The molecule has 172 valence electrons. The number of unbranched alkanes of at least 4 members (excludes halogenated alkanes) is 3. The maximum Gasteiger partial charge on any atom is 0.227 e. The van der Waals surface area contributed by atoms with Gasteiger partial charge in [0.2, 0.25) is 11.8 Å². The molecule has 32 heavy (non-hydrogen) atoms. The van der Waals surface area contributed by atoms with E-state index >= 15 is 0 Å². The molecule has 2 aromatic rings. The van der Waals surface area contributed by atoms with E-state index in [4.69, 9.17) is 23.2 Å². The molecule has 2 amide bonds. The zero-order valence-corrected chi connectivity index (χ0v) is 20.1. The molecule has 1 N–H and O–H groups in total. The van der Waals surface area contributed by atoms with Gasteiger partial charge in [0, 0.05) is 54.0 Å². The highest BCUT2D eigenvalue weighted by Crippen LogP contribution is 2.26. The van der Waals surface area contributed by atoms with E-state index in [9.17, 15) is 9.59 Å². The number of piperazine rings is 1. The van der Waals surface area contributed by atoms with Gasteiger partial charge in [-0.25, -0.2) is 0 Å². The number of anilines is 2. The van der Waals surface area contributed by atoms with Crippen LogP contribution in [0.1, 0.15) is 44.6 Å². The van der Waals surface area contributed by atoms with Crippen LogP contribution in [0.15, 0.2) is 42.5 Å². The lowest BCUT2D eigenvalue weighted by atomic mass is 10.1. The van der Waals surface area contributed by atoms with E-state index in [0.29, 0.717) is 35.1 Å². The highest BCUT2D eigenvalue weighted by Gasteiger charge is 2.22. The van der Waals surface area contributed by atoms with E-state index in [2.05, 4.69) is 17.1 Å². The molecule has 7 heteroatoms. The number of carbonyl (C=O) groups excluding carboxylic acids is 2. The molecule has 0 unspecified atom stereocenters. The van der Waals surface area contributed by atoms with Crippen LogP contribution in [-0.2, 0) is 16.0 Å². The summed E-state index contributed by atoms with van der Waals surface area (Å²) in [6.45, 7) is 4.97. The Kier molecular flexibility index (Phi) is 9.24. The van der Waals surface area contributed by atoms with Crippen molar-refractivity contribution in [1.82, 2.24) is 4.90 Å². The minimum atomic E-state index is 0.0386. The van der Waals surface area contributed by atoms with Gasteiger partial charge in [-0.3, -0.25) is 9.59 Å². The smallest absolute Gasteiger partial charge is 0.227 e. The van der Waals surface area contributed by atoms with Gasteiger partial charge in [0.1, 0.15) is 0 Å². The Morgan fingerprint density at radius 3 is 2.19 bits per heavy atom. The van der Waals surface area contributed by atoms with Crippen molar-refractivity contribution in [2.75, 3.05) is 36.4 Å². The van der Waals surface area contributed by atoms with Crippen LogP contribution in [0.2, 0.25) is 10.0 Å². The number of hydrogen-bond acceptors (Lipinski definition) is 3. The van der Waals surface area contributed by atoms with Gasteiger partial charge in [-0.1, -0.05) is 55.5 Å². The average molecular weight is 476 g/mol. The number of carbonyl (C=O) groups is 2. The van der Waals surface area contributed by atoms with Crippen LogP contribution in [0.4, 0.5) is 11.4 Å². The van der Waals surface area contributed by atoms with Crippen molar-refractivity contribution in [2.45, 2.75) is 45.4 Å². The second kappa shape index (κ2) is 12.1. The molecule has 0 aliphatic carbocycles. The summed E-state index contributed by atoms with van der Waals surface area (Å²) in [5.41, 5.74) is 2.60. The molecule has 0 bridgehead atoms. The third-order valence-electron chi connectivity index (χ3n) is 5.80. The lowest BCUT2D eigenvalue weighted by Crippen LogP contribution is -2.49. The molecule has 1 fully saturated rings. The summed E-state index contributed by atoms with van der Waals surface area (Å²) in [6.07, 6.45) is 5.16. The maximum atomic E-state index is 12.7. The van der Waals surface area contributed by atoms with Gasteiger partial charge < -0.3 is 15.1 Å². The molecule has 0 aromatic heterocycles. The SMILES string of the molecule is CCCCCCC(=O)Nc1ccc(N2CCN(C(=O)Cc3c(Cl)cccc3Cl)CC2)cc1. The summed E-state index contributed by atoms with van der Waals surface area (Å²) in [4.78, 5) is 28.9. The minimum Gasteiger partial charge on any atom is -0.368 e. The van der Waals surface area contributed by atoms with Gasteiger partial charge in [-0.15, -0.1) is 0 Å². The summed E-state index contributed by atoms with van der Waals surface area (Å²) in [5, 5.41) is 4.02. The number of hydrogen-bond donors (Lipinski definition) is 1. The molecular weight excluding hydrogens is 445 g/mol. The minimum absolute atomic E-state index is 0.0386. The maximum absolute atomic E-state index is 12.7. The Bertz CT molecular complexity index is 890. The lowest BCUT2D eigenvalue weighted by molar-refractivity contribution is -0.130. The Labute approximate surface area is 200 Å². The van der Waals surface area contributed by atoms with Gasteiger partial charge in [0.15, 0.2) is 0 Å². The van der Waals surface area contributed by atoms with Crippen molar-refractivity contribution in [3.63, 3.8) is 0 Å². The molecule has 5 nitrogen and oxygen atoms in total. The summed E-state index contributed by atoms with van der Waals surface area (Å²) in [7, 11) is 0. The van der Waals surface area contributed by atoms with Crippen LogP contribution in [0.3, 0.4) is 0 Å². The fraction of sp³-hybridized carbons (Fsp3) is 0.440. The van der Waals surface area contributed by atoms with Crippen LogP contribution in [0.25, 0.3) is 0 Å². The summed E-state index contributed by atoms with van der Waals surface area (Å²) >= 11 is 12.4. The predicted octanol–water partition coefficient (Wildman–Crippen LogP) is 5.79. The number of halogens is 2. The molecule has 3 rings (SSSR count). The molecule has 2 aromatic carbocycles. The molecule has 1 saturated heterocycles. The van der Waals surface area contributed by atoms with Crippen molar-refractivity contribution in [2.24, 2.45) is 0 Å². The second-order valence-electron chi connectivity index (χ2n) is 8.15. The first-order valence-electron chi connectivity index (χ1n) is 11.3. The van der Waals surface area contributed by atoms with Gasteiger partial charge in [-0.2, -0.15) is 0 Å². The summed E-state index contributed by atoms with van der Waals surface area (Å²) in [6, 6.07) is 13.2. The van der Waals surface area contributed by atoms with Gasteiger partial charge >= 0.3 is 0 Å². The highest BCUT2D eigenvalue weighted by molar-refractivity contribution is 6.36. The zero-order valence-electron chi connectivity index (χ0n) is 18.6. The van der Waals surface area contributed by atoms with E-state index in [1.165, 1.54) is 12.8 Å². The predicted molar refractivity (Wildman–Crippen MR) is 133 cm³/mol. The normalized spacial score (nSPS) is 13.8. The number of nitrogens with zero attached hydrogens (tertiary/aromatic N) is 2. The van der Waals surface area contributed by atoms with E-state index in [-0.39, 0.29) is 18.2 Å². The molecule has 0 atom stereocenters. The molecule has 1 aliphatic heterocycles. The van der Waals surface area contributed by atoms with Crippen LogP contribution in [0.5, 0.6) is 0 Å². The van der Waals surface area contributed by atoms with E-state index in [1.54, 1.807) is 18.2 Å². The highest BCUT2D eigenvalue weighted by atomic mass is 35.5. The Morgan fingerprint density at radius 2 is 1.56 bits per heavy atom. The van der Waals surface area contributed by atoms with Crippen LogP contribution in [0, 0.1) is 0 Å². The van der Waals surface area contributed by atoms with E-state index in [1.807, 2.05) is 29.2 Å². The largest absolute Gasteiger partial charge is 0.368 e. The van der Waals surface area contributed by atoms with Crippen molar-refractivity contribution >= 4 is 46.4 Å². The quantitative estimate of drug-likeness (QED) is 0.466. The third-order valence-corrected chi connectivity index (χ3v) is 6.50. The molecule has 1 heterocycles. The van der Waals surface area contributed by atoms with Crippen LogP contribution >= 0.6 is 23.2 Å². The number of rotatable bonds is 9. The van der Waals surface area contributed by atoms with E-state index in [0.717, 1.165) is 37.3 Å². The van der Waals surface area contributed by atoms with E-state index < -0.39 is 0 Å². The van der Waals surface area contributed by atoms with Crippen LogP contribution in [-0.4, -0.2) is 42.9 Å². The standard InChI is InChI=1S/C25H31Cl2N3O2/c1-2-3-4-5-9-24(31)28-19-10-12-20(13-11-19)29-14-16-30(17-15-29)25(32)18-21-22(26)7-6-8-23(21)27/h6-8,10-13H,2-5,9,14-18H2,1H3,(H,28,31). The topological polar surface area (TPSA) is 52.7 Å². The van der Waals surface area contributed by atoms with Gasteiger partial charge in [0.05, 0.1) is 6.42 Å². The monoisotopic (exact) mass is 475 g/mol. The molecule has 0 radical (unpaired) electrons. The second-order valence-corrected chi connectivity index (χ2v) is 8.96. The first kappa shape index (κ1) is 24.4. The third kappa shape index (κ3) is 6.88. The fourth-order valence-corrected chi connectivity index (χ4v) is 4.40. The first-order chi connectivity index (χ1) is 15.5. The molecule has 1 aliphatic rings. The average Bonchev–Trinajstić information content (AvgIpc) is 2.80. The van der Waals surface area contributed by atoms with Gasteiger partial charge in [0.25, 0.3) is 0 Å². The van der Waals surface area contributed by atoms with Crippen molar-refractivity contribution in [1.29, 1.82) is 0 Å². The number of nitrogens with one attached hydrogen (secondary N) is 1. The summed E-state index contributed by atoms with van der Waals surface area (Å²) in [5.74, 6) is 0.108.